The zero-order valence-electron chi connectivity index (χ0n) is 38.4. The van der Waals surface area contributed by atoms with E-state index in [1.807, 2.05) is 97.1 Å². The highest BCUT2D eigenvalue weighted by atomic mass is 32.2. The van der Waals surface area contributed by atoms with Crippen LogP contribution < -0.4 is 9.64 Å². The molecule has 2 aromatic heterocycles. The molecule has 4 heterocycles. The van der Waals surface area contributed by atoms with Crippen molar-refractivity contribution >= 4 is 29.1 Å². The van der Waals surface area contributed by atoms with Crippen molar-refractivity contribution in [3.63, 3.8) is 0 Å². The Balaban J connectivity index is 1.04. The molecule has 0 bridgehead atoms. The molecule has 11 aromatic rings. The number of nitrogens with zero attached hydrogens (tertiary/aromatic N) is 7. The first kappa shape index (κ1) is 42.1. The monoisotopic (exact) mass is 931 g/mol. The van der Waals surface area contributed by atoms with E-state index in [1.54, 1.807) is 11.8 Å². The minimum absolute atomic E-state index is 0.500. The molecule has 336 valence electrons. The summed E-state index contributed by atoms with van der Waals surface area (Å²) >= 11 is 1.74. The van der Waals surface area contributed by atoms with Crippen LogP contribution in [-0.2, 0) is 5.60 Å². The van der Waals surface area contributed by atoms with Gasteiger partial charge in [0.15, 0.2) is 34.7 Å². The lowest BCUT2D eigenvalue weighted by Crippen LogP contribution is -2.34. The average Bonchev–Trinajstić information content (AvgIpc) is 3.45. The van der Waals surface area contributed by atoms with Gasteiger partial charge in [0.1, 0.15) is 5.75 Å². The minimum Gasteiger partial charge on any atom is -0.477 e. The maximum atomic E-state index is 7.19. The summed E-state index contributed by atoms with van der Waals surface area (Å²) in [7, 11) is 0. The van der Waals surface area contributed by atoms with Gasteiger partial charge in [-0.05, 0) is 65.6 Å². The van der Waals surface area contributed by atoms with E-state index in [2.05, 4.69) is 145 Å². The predicted octanol–water partition coefficient (Wildman–Crippen LogP) is 15.3. The average molecular weight is 932 g/mol. The highest BCUT2D eigenvalue weighted by Gasteiger charge is 2.38. The second-order valence-electron chi connectivity index (χ2n) is 17.6. The van der Waals surface area contributed by atoms with Gasteiger partial charge in [-0.3, -0.25) is 4.90 Å². The molecule has 0 fully saturated rings. The SMILES string of the molecule is CC1(c2ccccc2)Oc2cc(-c3ccc(-c4nc(-c5ccccc5)nc(N5c6ccccc6Sc6ccccc65)n4)cc3-c3nc(-c4ccccc4)nc(-c4ccccc4)n3)ccc2-c2ccccc21. The minimum atomic E-state index is -0.736. The summed E-state index contributed by atoms with van der Waals surface area (Å²) in [5.41, 5.74) is 11.6. The number of para-hydroxylation sites is 2. The molecule has 1 unspecified atom stereocenters. The van der Waals surface area contributed by atoms with Crippen LogP contribution in [0.5, 0.6) is 5.75 Å². The van der Waals surface area contributed by atoms with Crippen LogP contribution in [0.4, 0.5) is 17.3 Å². The van der Waals surface area contributed by atoms with Crippen LogP contribution in [0.2, 0.25) is 0 Å². The molecule has 0 aliphatic carbocycles. The van der Waals surface area contributed by atoms with Crippen LogP contribution in [-0.4, -0.2) is 29.9 Å². The Bertz CT molecular complexity index is 3700. The maximum absolute atomic E-state index is 7.19. The van der Waals surface area contributed by atoms with Gasteiger partial charge < -0.3 is 4.74 Å². The quantitative estimate of drug-likeness (QED) is 0.148. The molecule has 9 aromatic carbocycles. The van der Waals surface area contributed by atoms with Gasteiger partial charge in [0.2, 0.25) is 5.95 Å². The van der Waals surface area contributed by atoms with E-state index in [4.69, 9.17) is 34.6 Å². The van der Waals surface area contributed by atoms with E-state index >= 15 is 0 Å². The Morgan fingerprint density at radius 1 is 0.366 bits per heavy atom. The first-order valence-corrected chi connectivity index (χ1v) is 24.3. The molecule has 71 heavy (non-hydrogen) atoms. The summed E-state index contributed by atoms with van der Waals surface area (Å²) in [6.45, 7) is 2.16. The molecule has 0 saturated carbocycles. The van der Waals surface area contributed by atoms with Gasteiger partial charge in [-0.1, -0.05) is 206 Å². The number of benzene rings is 9. The van der Waals surface area contributed by atoms with Crippen molar-refractivity contribution in [2.24, 2.45) is 0 Å². The molecule has 13 rings (SSSR count). The third-order valence-corrected chi connectivity index (χ3v) is 14.3. The lowest BCUT2D eigenvalue weighted by atomic mass is 9.80. The van der Waals surface area contributed by atoms with E-state index in [1.165, 1.54) is 0 Å². The van der Waals surface area contributed by atoms with E-state index < -0.39 is 5.60 Å². The molecule has 0 N–H and O–H groups in total. The summed E-state index contributed by atoms with van der Waals surface area (Å²) in [5, 5.41) is 0. The molecule has 0 amide bonds. The fourth-order valence-corrected chi connectivity index (χ4v) is 10.7. The molecule has 2 aliphatic rings. The Morgan fingerprint density at radius 3 is 1.44 bits per heavy atom. The number of rotatable bonds is 8. The van der Waals surface area contributed by atoms with Crippen molar-refractivity contribution in [1.82, 2.24) is 29.9 Å². The Hall–Kier alpha value is -9.05. The van der Waals surface area contributed by atoms with Crippen LogP contribution in [0.1, 0.15) is 18.1 Å². The van der Waals surface area contributed by atoms with Crippen molar-refractivity contribution < 1.29 is 4.74 Å². The first-order valence-electron chi connectivity index (χ1n) is 23.5. The van der Waals surface area contributed by atoms with Gasteiger partial charge in [0, 0.05) is 48.7 Å². The zero-order chi connectivity index (χ0) is 47.3. The van der Waals surface area contributed by atoms with Crippen LogP contribution in [0, 0.1) is 0 Å². The predicted molar refractivity (Wildman–Crippen MR) is 284 cm³/mol. The van der Waals surface area contributed by atoms with E-state index in [9.17, 15) is 0 Å². The summed E-state index contributed by atoms with van der Waals surface area (Å²) in [6.07, 6.45) is 0. The van der Waals surface area contributed by atoms with Crippen molar-refractivity contribution in [2.45, 2.75) is 22.3 Å². The summed E-state index contributed by atoms with van der Waals surface area (Å²) in [6, 6.07) is 78.7. The van der Waals surface area contributed by atoms with Crippen LogP contribution in [0.3, 0.4) is 0 Å². The third-order valence-electron chi connectivity index (χ3n) is 13.2. The lowest BCUT2D eigenvalue weighted by molar-refractivity contribution is 0.129. The third kappa shape index (κ3) is 7.60. The maximum Gasteiger partial charge on any atom is 0.238 e. The van der Waals surface area contributed by atoms with Crippen molar-refractivity contribution in [3.8, 4) is 84.9 Å². The normalized spacial score (nSPS) is 14.4. The number of aromatic nitrogens is 6. The Kier molecular flexibility index (Phi) is 10.4. The summed E-state index contributed by atoms with van der Waals surface area (Å²) in [4.78, 5) is 35.8. The largest absolute Gasteiger partial charge is 0.477 e. The standard InChI is InChI=1S/C62H41N7OS/c1-62(45-26-12-5-13-27-45)50-29-15-14-28-47(50)48-37-34-43(39-53(48)70-62)46-36-35-44(38-49(46)60-65-56(40-20-6-2-7-21-40)63-57(66-60)41-22-8-3-9-23-41)59-64-58(42-24-10-4-11-25-42)67-61(68-59)69-51-30-16-18-32-54(51)71-55-33-19-17-31-52(55)69/h2-39H,1H3. The number of ether oxygens (including phenoxy) is 1. The van der Waals surface area contributed by atoms with Crippen LogP contribution in [0.15, 0.2) is 240 Å². The molecular formula is C62H41N7OS. The van der Waals surface area contributed by atoms with Gasteiger partial charge in [-0.2, -0.15) is 9.97 Å². The smallest absolute Gasteiger partial charge is 0.238 e. The fraction of sp³-hybridized carbons (Fsp3) is 0.0323. The summed E-state index contributed by atoms with van der Waals surface area (Å²) < 4.78 is 7.19. The highest BCUT2D eigenvalue weighted by molar-refractivity contribution is 7.99. The number of fused-ring (bicyclic) bond motifs is 5. The van der Waals surface area contributed by atoms with E-state index in [-0.39, 0.29) is 0 Å². The van der Waals surface area contributed by atoms with Crippen molar-refractivity contribution in [1.29, 1.82) is 0 Å². The number of anilines is 3. The second-order valence-corrected chi connectivity index (χ2v) is 18.7. The van der Waals surface area contributed by atoms with Crippen molar-refractivity contribution in [3.05, 3.63) is 242 Å². The number of hydrogen-bond donors (Lipinski definition) is 0. The zero-order valence-corrected chi connectivity index (χ0v) is 39.2. The molecule has 9 heteroatoms. The van der Waals surface area contributed by atoms with E-state index in [0.717, 1.165) is 88.1 Å². The highest BCUT2D eigenvalue weighted by Crippen LogP contribution is 2.52. The number of hydrogen-bond acceptors (Lipinski definition) is 9. The molecule has 0 radical (unpaired) electrons. The molecule has 8 nitrogen and oxygen atoms in total. The van der Waals surface area contributed by atoms with Gasteiger partial charge in [-0.15, -0.1) is 0 Å². The lowest BCUT2D eigenvalue weighted by Gasteiger charge is -2.38. The van der Waals surface area contributed by atoms with Crippen LogP contribution in [0.25, 0.3) is 79.2 Å². The van der Waals surface area contributed by atoms with Crippen molar-refractivity contribution in [2.75, 3.05) is 4.90 Å². The van der Waals surface area contributed by atoms with Gasteiger partial charge >= 0.3 is 0 Å². The topological polar surface area (TPSA) is 89.8 Å². The first-order chi connectivity index (χ1) is 35.0. The van der Waals surface area contributed by atoms with Gasteiger partial charge in [0.25, 0.3) is 0 Å². The molecule has 2 aliphatic heterocycles. The molecule has 0 saturated heterocycles. The van der Waals surface area contributed by atoms with Gasteiger partial charge in [-0.25, -0.2) is 19.9 Å². The molecular weight excluding hydrogens is 891 g/mol. The van der Waals surface area contributed by atoms with Gasteiger partial charge in [0.05, 0.1) is 11.4 Å². The second kappa shape index (κ2) is 17.5. The Morgan fingerprint density at radius 2 is 0.831 bits per heavy atom. The Labute approximate surface area is 415 Å². The summed E-state index contributed by atoms with van der Waals surface area (Å²) in [5.74, 6) is 3.96. The molecule has 0 spiro atoms. The van der Waals surface area contributed by atoms with Crippen LogP contribution >= 0.6 is 11.8 Å². The molecule has 1 atom stereocenters. The van der Waals surface area contributed by atoms with E-state index in [0.29, 0.717) is 35.1 Å². The fourth-order valence-electron chi connectivity index (χ4n) is 9.66.